The zero-order chi connectivity index (χ0) is 23.9. The SMILES string of the molecule is C=N/C=C(\N=CC)c1nn(C2CCC(OCC)CC2)cc1NC(=O)c1coc(-c2cn[nH]c2)n1. The quantitative estimate of drug-likeness (QED) is 0.457. The first-order chi connectivity index (χ1) is 16.6. The van der Waals surface area contributed by atoms with Crippen LogP contribution in [0.15, 0.2) is 45.5 Å². The van der Waals surface area contributed by atoms with Crippen LogP contribution in [-0.2, 0) is 4.74 Å². The number of amides is 1. The molecule has 0 spiro atoms. The van der Waals surface area contributed by atoms with Gasteiger partial charge in [-0.3, -0.25) is 24.6 Å². The minimum Gasteiger partial charge on any atom is -0.444 e. The van der Waals surface area contributed by atoms with Crippen LogP contribution in [0.5, 0.6) is 0 Å². The molecule has 4 rings (SSSR count). The Kier molecular flexibility index (Phi) is 7.43. The Morgan fingerprint density at radius 1 is 1.41 bits per heavy atom. The van der Waals surface area contributed by atoms with E-state index in [-0.39, 0.29) is 17.8 Å². The molecule has 1 amide bonds. The Labute approximate surface area is 197 Å². The summed E-state index contributed by atoms with van der Waals surface area (Å²) < 4.78 is 13.1. The van der Waals surface area contributed by atoms with E-state index in [1.807, 2.05) is 17.8 Å². The summed E-state index contributed by atoms with van der Waals surface area (Å²) in [7, 11) is 0. The van der Waals surface area contributed by atoms with Crippen LogP contribution in [0.4, 0.5) is 5.69 Å². The monoisotopic (exact) mass is 464 g/mol. The van der Waals surface area contributed by atoms with Gasteiger partial charge >= 0.3 is 0 Å². The molecule has 0 unspecified atom stereocenters. The number of ether oxygens (including phenoxy) is 1. The highest BCUT2D eigenvalue weighted by Crippen LogP contribution is 2.33. The summed E-state index contributed by atoms with van der Waals surface area (Å²) in [6, 6.07) is 0.199. The maximum Gasteiger partial charge on any atom is 0.277 e. The fourth-order valence-corrected chi connectivity index (χ4v) is 4.02. The molecule has 1 aliphatic rings. The van der Waals surface area contributed by atoms with Gasteiger partial charge in [0, 0.05) is 25.2 Å². The van der Waals surface area contributed by atoms with E-state index in [1.54, 1.807) is 25.5 Å². The van der Waals surface area contributed by atoms with Crippen molar-refractivity contribution in [2.45, 2.75) is 51.7 Å². The maximum atomic E-state index is 13.0. The van der Waals surface area contributed by atoms with Gasteiger partial charge in [-0.05, 0) is 46.2 Å². The van der Waals surface area contributed by atoms with E-state index in [4.69, 9.17) is 14.3 Å². The average Bonchev–Trinajstić information content (AvgIpc) is 3.60. The molecular weight excluding hydrogens is 436 g/mol. The largest absolute Gasteiger partial charge is 0.444 e. The third-order valence-electron chi connectivity index (χ3n) is 5.61. The van der Waals surface area contributed by atoms with Crippen LogP contribution in [0.1, 0.15) is 61.8 Å². The summed E-state index contributed by atoms with van der Waals surface area (Å²) in [5.74, 6) is -0.126. The number of nitrogens with one attached hydrogen (secondary N) is 2. The summed E-state index contributed by atoms with van der Waals surface area (Å²) in [5, 5.41) is 14.2. The average molecular weight is 465 g/mol. The molecule has 1 aliphatic carbocycles. The second-order valence-corrected chi connectivity index (χ2v) is 7.82. The molecule has 3 aromatic heterocycles. The number of anilines is 1. The lowest BCUT2D eigenvalue weighted by Crippen LogP contribution is -2.24. The first-order valence-electron chi connectivity index (χ1n) is 11.2. The van der Waals surface area contributed by atoms with Crippen LogP contribution in [0.3, 0.4) is 0 Å². The second-order valence-electron chi connectivity index (χ2n) is 7.82. The second kappa shape index (κ2) is 10.8. The molecule has 11 nitrogen and oxygen atoms in total. The number of nitrogens with zero attached hydrogens (tertiary/aromatic N) is 6. The predicted molar refractivity (Wildman–Crippen MR) is 129 cm³/mol. The van der Waals surface area contributed by atoms with Gasteiger partial charge in [0.25, 0.3) is 5.91 Å². The minimum atomic E-state index is -0.425. The van der Waals surface area contributed by atoms with Gasteiger partial charge in [-0.2, -0.15) is 10.2 Å². The van der Waals surface area contributed by atoms with E-state index in [1.165, 1.54) is 12.5 Å². The fourth-order valence-electron chi connectivity index (χ4n) is 4.02. The molecule has 0 bridgehead atoms. The van der Waals surface area contributed by atoms with E-state index in [2.05, 4.69) is 37.2 Å². The number of aromatic nitrogens is 5. The third kappa shape index (κ3) is 5.20. The molecule has 0 radical (unpaired) electrons. The summed E-state index contributed by atoms with van der Waals surface area (Å²) in [5.41, 5.74) is 2.29. The van der Waals surface area contributed by atoms with Gasteiger partial charge in [0.15, 0.2) is 5.69 Å². The number of carbonyl (C=O) groups excluding carboxylic acids is 1. The maximum absolute atomic E-state index is 13.0. The highest BCUT2D eigenvalue weighted by atomic mass is 16.5. The van der Waals surface area contributed by atoms with Crippen molar-refractivity contribution < 1.29 is 13.9 Å². The standard InChI is InChI=1S/C23H28N8O3/c1-4-25-18(12-24-3)21-19(13-31(30-21)16-6-8-17(9-7-16)33-5-2)28-22(32)20-14-34-23(29-20)15-10-26-27-11-15/h4,10-14,16-17H,3,5-9H2,1-2H3,(H,26,27)(H,28,32)/b18-12-,25-4?. The van der Waals surface area contributed by atoms with Gasteiger partial charge in [-0.25, -0.2) is 4.98 Å². The van der Waals surface area contributed by atoms with E-state index in [0.29, 0.717) is 28.5 Å². The first kappa shape index (κ1) is 23.3. The molecular formula is C23H28N8O3. The fraction of sp³-hybridized carbons (Fsp3) is 0.391. The Bertz CT molecular complexity index is 1170. The lowest BCUT2D eigenvalue weighted by atomic mass is 9.93. The van der Waals surface area contributed by atoms with E-state index in [9.17, 15) is 4.79 Å². The van der Waals surface area contributed by atoms with Crippen LogP contribution in [0.2, 0.25) is 0 Å². The number of H-pyrrole nitrogens is 1. The highest BCUT2D eigenvalue weighted by molar-refractivity contribution is 6.04. The van der Waals surface area contributed by atoms with Crippen molar-refractivity contribution in [1.82, 2.24) is 25.0 Å². The number of rotatable bonds is 9. The summed E-state index contributed by atoms with van der Waals surface area (Å²) >= 11 is 0. The number of carbonyl (C=O) groups is 1. The van der Waals surface area contributed by atoms with Crippen molar-refractivity contribution in [3.63, 3.8) is 0 Å². The zero-order valence-corrected chi connectivity index (χ0v) is 19.3. The normalized spacial score (nSPS) is 18.9. The number of hydrogen-bond donors (Lipinski definition) is 2. The van der Waals surface area contributed by atoms with Crippen molar-refractivity contribution in [3.8, 4) is 11.5 Å². The molecule has 0 aliphatic heterocycles. The van der Waals surface area contributed by atoms with E-state index < -0.39 is 5.91 Å². The first-order valence-corrected chi connectivity index (χ1v) is 11.2. The van der Waals surface area contributed by atoms with Crippen LogP contribution >= 0.6 is 0 Å². The molecule has 34 heavy (non-hydrogen) atoms. The molecule has 11 heteroatoms. The Balaban J connectivity index is 1.59. The van der Waals surface area contributed by atoms with Gasteiger partial charge in [-0.15, -0.1) is 0 Å². The van der Waals surface area contributed by atoms with Gasteiger partial charge < -0.3 is 14.5 Å². The Morgan fingerprint density at radius 3 is 2.91 bits per heavy atom. The van der Waals surface area contributed by atoms with Crippen LogP contribution in [-0.4, -0.2) is 56.5 Å². The van der Waals surface area contributed by atoms with Crippen LogP contribution in [0, 0.1) is 0 Å². The number of oxazole rings is 1. The molecule has 2 N–H and O–H groups in total. The van der Waals surface area contributed by atoms with Gasteiger partial charge in [-0.1, -0.05) is 0 Å². The molecule has 1 fully saturated rings. The number of aromatic amines is 1. The predicted octanol–water partition coefficient (Wildman–Crippen LogP) is 4.12. The molecule has 1 saturated carbocycles. The van der Waals surface area contributed by atoms with Crippen LogP contribution < -0.4 is 5.32 Å². The molecule has 178 valence electrons. The van der Waals surface area contributed by atoms with Crippen molar-refractivity contribution >= 4 is 30.2 Å². The molecule has 3 aromatic rings. The summed E-state index contributed by atoms with van der Waals surface area (Å²) in [4.78, 5) is 25.5. The van der Waals surface area contributed by atoms with Crippen molar-refractivity contribution in [3.05, 3.63) is 42.4 Å². The molecule has 0 saturated heterocycles. The summed E-state index contributed by atoms with van der Waals surface area (Å²) in [6.45, 7) is 8.07. The van der Waals surface area contributed by atoms with Gasteiger partial charge in [0.05, 0.1) is 35.8 Å². The van der Waals surface area contributed by atoms with Crippen LogP contribution in [0.25, 0.3) is 17.2 Å². The van der Waals surface area contributed by atoms with Crippen molar-refractivity contribution in [1.29, 1.82) is 0 Å². The number of aliphatic imine (C=N–C) groups is 2. The van der Waals surface area contributed by atoms with E-state index >= 15 is 0 Å². The van der Waals surface area contributed by atoms with Crippen molar-refractivity contribution in [2.24, 2.45) is 9.98 Å². The highest BCUT2D eigenvalue weighted by Gasteiger charge is 2.26. The minimum absolute atomic E-state index is 0.137. The topological polar surface area (TPSA) is 136 Å². The molecule has 0 atom stereocenters. The lowest BCUT2D eigenvalue weighted by Gasteiger charge is -2.28. The lowest BCUT2D eigenvalue weighted by molar-refractivity contribution is 0.0259. The Morgan fingerprint density at radius 2 is 2.24 bits per heavy atom. The van der Waals surface area contributed by atoms with Crippen molar-refractivity contribution in [2.75, 3.05) is 11.9 Å². The zero-order valence-electron chi connectivity index (χ0n) is 19.3. The molecule has 3 heterocycles. The molecule has 0 aromatic carbocycles. The third-order valence-corrected chi connectivity index (χ3v) is 5.61. The number of hydrogen-bond acceptors (Lipinski definition) is 8. The smallest absolute Gasteiger partial charge is 0.277 e. The van der Waals surface area contributed by atoms with E-state index in [0.717, 1.165) is 32.3 Å². The summed E-state index contributed by atoms with van der Waals surface area (Å²) in [6.07, 6.45) is 13.6. The van der Waals surface area contributed by atoms with Gasteiger partial charge in [0.2, 0.25) is 5.89 Å². The Hall–Kier alpha value is -3.86. The van der Waals surface area contributed by atoms with Gasteiger partial charge in [0.1, 0.15) is 17.7 Å².